The number of fused-ring (bicyclic) bond motifs is 5. The maximum atomic E-state index is 12.9. The summed E-state index contributed by atoms with van der Waals surface area (Å²) in [6.07, 6.45) is 8.29. The Labute approximate surface area is 187 Å². The topological polar surface area (TPSA) is 76.5 Å². The Kier molecular flexibility index (Phi) is 4.83. The zero-order valence-electron chi connectivity index (χ0n) is 18.6. The molecule has 31 heavy (non-hydrogen) atoms. The maximum absolute atomic E-state index is 12.9. The molecule has 0 bridgehead atoms. The van der Waals surface area contributed by atoms with E-state index in [0.717, 1.165) is 19.3 Å². The highest BCUT2D eigenvalue weighted by Gasteiger charge is 2.64. The van der Waals surface area contributed by atoms with Crippen molar-refractivity contribution in [1.29, 1.82) is 0 Å². The zero-order valence-corrected chi connectivity index (χ0v) is 19.4. The fourth-order valence-electron chi connectivity index (χ4n) is 7.57. The SMILES string of the molecule is Cc1ncsc1C(=O)OC1C(C)C[C@H]2[C@@H]3CCC4=CC(=O)C=C[C@]4(C)[C@H]3C(O)C[C@]12C. The number of hydrogen-bond acceptors (Lipinski definition) is 6. The lowest BCUT2D eigenvalue weighted by Crippen LogP contribution is -2.57. The third-order valence-electron chi connectivity index (χ3n) is 8.89. The molecule has 5 nitrogen and oxygen atoms in total. The van der Waals surface area contributed by atoms with Crippen molar-refractivity contribution in [1.82, 2.24) is 4.98 Å². The molecule has 3 unspecified atom stereocenters. The Bertz CT molecular complexity index is 995. The van der Waals surface area contributed by atoms with Crippen molar-refractivity contribution in [2.75, 3.05) is 0 Å². The van der Waals surface area contributed by atoms with Crippen LogP contribution in [0.15, 0.2) is 29.3 Å². The summed E-state index contributed by atoms with van der Waals surface area (Å²) in [6, 6.07) is 0. The predicted molar refractivity (Wildman–Crippen MR) is 119 cm³/mol. The van der Waals surface area contributed by atoms with Crippen molar-refractivity contribution in [2.24, 2.45) is 34.5 Å². The van der Waals surface area contributed by atoms with Crippen molar-refractivity contribution in [3.8, 4) is 0 Å². The first kappa shape index (κ1) is 21.1. The zero-order chi connectivity index (χ0) is 22.1. The molecular weight excluding hydrogens is 410 g/mol. The molecule has 0 aliphatic heterocycles. The van der Waals surface area contributed by atoms with Crippen LogP contribution in [0.1, 0.15) is 61.8 Å². The quantitative estimate of drug-likeness (QED) is 0.684. The second-order valence-electron chi connectivity index (χ2n) is 10.6. The molecule has 6 heteroatoms. The van der Waals surface area contributed by atoms with Gasteiger partial charge in [-0.25, -0.2) is 9.78 Å². The fourth-order valence-corrected chi connectivity index (χ4v) is 8.25. The molecule has 0 aromatic carbocycles. The minimum atomic E-state index is -0.491. The van der Waals surface area contributed by atoms with Crippen LogP contribution in [0, 0.1) is 41.4 Å². The van der Waals surface area contributed by atoms with Crippen LogP contribution in [0.3, 0.4) is 0 Å². The number of ether oxygens (including phenoxy) is 1. The minimum Gasteiger partial charge on any atom is -0.457 e. The molecule has 1 aromatic heterocycles. The summed E-state index contributed by atoms with van der Waals surface area (Å²) in [5.74, 6) is 0.850. The second kappa shape index (κ2) is 7.11. The summed E-state index contributed by atoms with van der Waals surface area (Å²) in [7, 11) is 0. The number of ketones is 1. The van der Waals surface area contributed by atoms with Crippen molar-refractivity contribution < 1.29 is 19.4 Å². The molecule has 1 heterocycles. The van der Waals surface area contributed by atoms with Crippen molar-refractivity contribution in [3.63, 3.8) is 0 Å². The van der Waals surface area contributed by atoms with Gasteiger partial charge in [0.15, 0.2) is 5.78 Å². The van der Waals surface area contributed by atoms with Gasteiger partial charge >= 0.3 is 5.97 Å². The van der Waals surface area contributed by atoms with Gasteiger partial charge in [0, 0.05) is 16.7 Å². The Morgan fingerprint density at radius 2 is 2.13 bits per heavy atom. The molecule has 166 valence electrons. The number of esters is 1. The molecule has 1 aromatic rings. The van der Waals surface area contributed by atoms with Gasteiger partial charge in [-0.2, -0.15) is 0 Å². The van der Waals surface area contributed by atoms with Crippen LogP contribution in [-0.2, 0) is 9.53 Å². The van der Waals surface area contributed by atoms with E-state index >= 15 is 0 Å². The van der Waals surface area contributed by atoms with E-state index in [1.165, 1.54) is 16.9 Å². The average molecular weight is 442 g/mol. The lowest BCUT2D eigenvalue weighted by Gasteiger charge is -2.58. The van der Waals surface area contributed by atoms with Gasteiger partial charge in [-0.3, -0.25) is 4.79 Å². The molecule has 8 atom stereocenters. The highest BCUT2D eigenvalue weighted by molar-refractivity contribution is 7.11. The molecule has 3 saturated carbocycles. The smallest absolute Gasteiger partial charge is 0.350 e. The third-order valence-corrected chi connectivity index (χ3v) is 9.80. The van der Waals surface area contributed by atoms with Gasteiger partial charge in [-0.05, 0) is 62.5 Å². The van der Waals surface area contributed by atoms with Crippen molar-refractivity contribution in [2.45, 2.75) is 65.6 Å². The summed E-state index contributed by atoms with van der Waals surface area (Å²) < 4.78 is 6.15. The van der Waals surface area contributed by atoms with Crippen LogP contribution in [0.4, 0.5) is 0 Å². The number of carbonyl (C=O) groups excluding carboxylic acids is 2. The molecule has 5 rings (SSSR count). The number of hydrogen-bond donors (Lipinski definition) is 1. The standard InChI is InChI=1S/C25H31NO4S/c1-13-9-18-17-6-5-15-10-16(27)7-8-24(15,3)20(17)19(28)11-25(18,4)22(13)30-23(29)21-14(2)26-12-31-21/h7-8,10,12-13,17-20,22,28H,5-6,9,11H2,1-4H3/t13?,17-,18-,19?,20+,22?,24-,25-/m0/s1. The molecule has 4 aliphatic rings. The fraction of sp³-hybridized carbons (Fsp3) is 0.640. The van der Waals surface area contributed by atoms with E-state index in [-0.39, 0.29) is 40.5 Å². The van der Waals surface area contributed by atoms with E-state index in [1.54, 1.807) is 17.7 Å². The Morgan fingerprint density at radius 3 is 2.84 bits per heavy atom. The van der Waals surface area contributed by atoms with Gasteiger partial charge in [0.2, 0.25) is 0 Å². The summed E-state index contributed by atoms with van der Waals surface area (Å²) >= 11 is 1.32. The van der Waals surface area contributed by atoms with Crippen LogP contribution in [0.25, 0.3) is 0 Å². The maximum Gasteiger partial charge on any atom is 0.350 e. The van der Waals surface area contributed by atoms with E-state index in [1.807, 2.05) is 13.0 Å². The van der Waals surface area contributed by atoms with Gasteiger partial charge in [0.05, 0.1) is 17.3 Å². The normalized spacial score (nSPS) is 43.6. The molecule has 0 saturated heterocycles. The summed E-state index contributed by atoms with van der Waals surface area (Å²) in [6.45, 7) is 8.41. The molecule has 0 radical (unpaired) electrons. The molecule has 3 fully saturated rings. The molecular formula is C25H31NO4S. The number of nitrogens with zero attached hydrogens (tertiary/aromatic N) is 1. The first-order valence-corrected chi connectivity index (χ1v) is 12.3. The lowest BCUT2D eigenvalue weighted by atomic mass is 9.47. The Hall–Kier alpha value is -1.79. The van der Waals surface area contributed by atoms with Crippen LogP contribution in [0.5, 0.6) is 0 Å². The average Bonchev–Trinajstić information content (AvgIpc) is 3.24. The number of allylic oxidation sites excluding steroid dienone is 4. The van der Waals surface area contributed by atoms with E-state index in [2.05, 4.69) is 25.8 Å². The van der Waals surface area contributed by atoms with Gasteiger partial charge in [0.25, 0.3) is 0 Å². The molecule has 0 spiro atoms. The summed E-state index contributed by atoms with van der Waals surface area (Å²) in [4.78, 5) is 29.6. The number of aliphatic hydroxyl groups excluding tert-OH is 1. The third kappa shape index (κ3) is 3.01. The number of aryl methyl sites for hydroxylation is 1. The second-order valence-corrected chi connectivity index (χ2v) is 11.5. The van der Waals surface area contributed by atoms with E-state index in [9.17, 15) is 14.7 Å². The van der Waals surface area contributed by atoms with Crippen LogP contribution in [0.2, 0.25) is 0 Å². The Morgan fingerprint density at radius 1 is 1.35 bits per heavy atom. The highest BCUT2D eigenvalue weighted by atomic mass is 32.1. The van der Waals surface area contributed by atoms with E-state index in [0.29, 0.717) is 28.8 Å². The Balaban J connectivity index is 1.45. The number of thiazole rings is 1. The molecule has 1 N–H and O–H groups in total. The largest absolute Gasteiger partial charge is 0.457 e. The van der Waals surface area contributed by atoms with E-state index in [4.69, 9.17) is 4.74 Å². The van der Waals surface area contributed by atoms with Crippen LogP contribution < -0.4 is 0 Å². The van der Waals surface area contributed by atoms with Crippen LogP contribution in [-0.4, -0.2) is 34.1 Å². The summed E-state index contributed by atoms with van der Waals surface area (Å²) in [5, 5.41) is 11.5. The monoisotopic (exact) mass is 441 g/mol. The highest BCUT2D eigenvalue weighted by Crippen LogP contribution is 2.65. The van der Waals surface area contributed by atoms with Gasteiger partial charge in [0.1, 0.15) is 11.0 Å². The summed E-state index contributed by atoms with van der Waals surface area (Å²) in [5.41, 5.74) is 3.04. The lowest BCUT2D eigenvalue weighted by molar-refractivity contribution is -0.133. The van der Waals surface area contributed by atoms with Crippen LogP contribution >= 0.6 is 11.3 Å². The van der Waals surface area contributed by atoms with Crippen molar-refractivity contribution >= 4 is 23.1 Å². The van der Waals surface area contributed by atoms with Gasteiger partial charge < -0.3 is 9.84 Å². The minimum absolute atomic E-state index is 0.0564. The van der Waals surface area contributed by atoms with E-state index < -0.39 is 6.10 Å². The first-order valence-electron chi connectivity index (χ1n) is 11.4. The van der Waals surface area contributed by atoms with Crippen molar-refractivity contribution in [3.05, 3.63) is 39.9 Å². The number of aliphatic hydroxyl groups is 1. The first-order chi connectivity index (χ1) is 14.6. The van der Waals surface area contributed by atoms with Gasteiger partial charge in [-0.1, -0.05) is 32.4 Å². The number of aromatic nitrogens is 1. The predicted octanol–water partition coefficient (Wildman–Crippen LogP) is 4.50. The molecule has 0 amide bonds. The number of carbonyl (C=O) groups is 2. The molecule has 4 aliphatic carbocycles. The van der Waals surface area contributed by atoms with Gasteiger partial charge in [-0.15, -0.1) is 11.3 Å². The number of rotatable bonds is 2.